The van der Waals surface area contributed by atoms with E-state index in [2.05, 4.69) is 27.7 Å². The SMILES string of the molecule is CCCCCCCCCCCCCCCCC(=O)O[C@H](COC(=O)CCCCCCCCCCCCC)COP(=O)(O)OC[C@@H](O)COP(=O)(O)OC[C@@H](COC(=O)CCCCCCC)OC(=O)CCCCCCCCC. The Morgan fingerprint density at radius 3 is 0.766 bits per heavy atom. The summed E-state index contributed by atoms with van der Waals surface area (Å²) in [4.78, 5) is 71.5. The van der Waals surface area contributed by atoms with Crippen LogP contribution in [-0.2, 0) is 65.4 Å². The van der Waals surface area contributed by atoms with E-state index in [0.717, 1.165) is 109 Å². The van der Waals surface area contributed by atoms with E-state index in [4.69, 9.17) is 37.0 Å². The Bertz CT molecular complexity index is 1500. The second kappa shape index (κ2) is 53.4. The molecular formula is C58H112O17P2. The molecule has 5 atom stereocenters. The maximum atomic E-state index is 12.9. The number of unbranched alkanes of at least 4 members (excludes halogenated alkanes) is 33. The van der Waals surface area contributed by atoms with Crippen LogP contribution in [0.4, 0.5) is 0 Å². The van der Waals surface area contributed by atoms with E-state index >= 15 is 0 Å². The first-order valence-corrected chi connectivity index (χ1v) is 33.8. The van der Waals surface area contributed by atoms with Gasteiger partial charge in [0.05, 0.1) is 26.4 Å². The monoisotopic (exact) mass is 1140 g/mol. The molecule has 17 nitrogen and oxygen atoms in total. The van der Waals surface area contributed by atoms with Gasteiger partial charge in [0.15, 0.2) is 12.2 Å². The number of aliphatic hydroxyl groups excluding tert-OH is 1. The Labute approximate surface area is 467 Å². The molecule has 0 bridgehead atoms. The number of esters is 4. The molecule has 0 aromatic heterocycles. The number of aliphatic hydroxyl groups is 1. The van der Waals surface area contributed by atoms with E-state index in [1.54, 1.807) is 0 Å². The van der Waals surface area contributed by atoms with Gasteiger partial charge < -0.3 is 33.8 Å². The summed E-state index contributed by atoms with van der Waals surface area (Å²) in [6, 6.07) is 0. The summed E-state index contributed by atoms with van der Waals surface area (Å²) >= 11 is 0. The Morgan fingerprint density at radius 2 is 0.519 bits per heavy atom. The first-order chi connectivity index (χ1) is 37.2. The number of hydrogen-bond acceptors (Lipinski definition) is 15. The zero-order valence-corrected chi connectivity index (χ0v) is 50.7. The summed E-state index contributed by atoms with van der Waals surface area (Å²) < 4.78 is 67.4. The summed E-state index contributed by atoms with van der Waals surface area (Å²) in [5.41, 5.74) is 0. The van der Waals surface area contributed by atoms with Gasteiger partial charge in [-0.1, -0.05) is 240 Å². The summed E-state index contributed by atoms with van der Waals surface area (Å²) in [7, 11) is -9.86. The zero-order chi connectivity index (χ0) is 56.9. The van der Waals surface area contributed by atoms with Crippen LogP contribution >= 0.6 is 15.6 Å². The number of hydrogen-bond donors (Lipinski definition) is 3. The number of carbonyl (C=O) groups excluding carboxylic acids is 4. The molecule has 3 N–H and O–H groups in total. The van der Waals surface area contributed by atoms with Crippen molar-refractivity contribution in [1.82, 2.24) is 0 Å². The third kappa shape index (κ3) is 53.2. The second-order valence-electron chi connectivity index (χ2n) is 21.0. The van der Waals surface area contributed by atoms with Crippen molar-refractivity contribution in [3.63, 3.8) is 0 Å². The van der Waals surface area contributed by atoms with Crippen molar-refractivity contribution in [2.45, 2.75) is 309 Å². The first kappa shape index (κ1) is 75.1. The summed E-state index contributed by atoms with van der Waals surface area (Å²) in [5.74, 6) is -2.15. The Kier molecular flexibility index (Phi) is 52.0. The first-order valence-electron chi connectivity index (χ1n) is 30.8. The molecule has 19 heteroatoms. The third-order valence-corrected chi connectivity index (χ3v) is 15.3. The van der Waals surface area contributed by atoms with E-state index in [1.165, 1.54) is 103 Å². The Morgan fingerprint density at radius 1 is 0.312 bits per heavy atom. The van der Waals surface area contributed by atoms with Crippen molar-refractivity contribution >= 4 is 39.5 Å². The van der Waals surface area contributed by atoms with Crippen LogP contribution in [0.2, 0.25) is 0 Å². The molecule has 77 heavy (non-hydrogen) atoms. The average molecular weight is 1140 g/mol. The van der Waals surface area contributed by atoms with Gasteiger partial charge in [-0.25, -0.2) is 9.13 Å². The van der Waals surface area contributed by atoms with Gasteiger partial charge in [-0.3, -0.25) is 37.3 Å². The lowest BCUT2D eigenvalue weighted by molar-refractivity contribution is -0.161. The predicted octanol–water partition coefficient (Wildman–Crippen LogP) is 15.6. The molecule has 0 aromatic carbocycles. The van der Waals surface area contributed by atoms with Crippen molar-refractivity contribution in [2.75, 3.05) is 39.6 Å². The molecule has 0 amide bonds. The topological polar surface area (TPSA) is 237 Å². The number of carbonyl (C=O) groups is 4. The van der Waals surface area contributed by atoms with Crippen molar-refractivity contribution < 1.29 is 80.2 Å². The summed E-state index contributed by atoms with van der Waals surface area (Å²) in [6.07, 6.45) is 36.6. The Balaban J connectivity index is 5.16. The molecule has 0 spiro atoms. The van der Waals surface area contributed by atoms with Crippen molar-refractivity contribution in [3.05, 3.63) is 0 Å². The molecule has 0 aliphatic heterocycles. The molecule has 0 aliphatic rings. The van der Waals surface area contributed by atoms with E-state index in [9.17, 15) is 43.2 Å². The van der Waals surface area contributed by atoms with Crippen LogP contribution in [0, 0.1) is 0 Å². The third-order valence-electron chi connectivity index (χ3n) is 13.4. The molecule has 0 aromatic rings. The van der Waals surface area contributed by atoms with E-state index in [-0.39, 0.29) is 25.7 Å². The highest BCUT2D eigenvalue weighted by atomic mass is 31.2. The standard InChI is InChI=1S/C58H112O17P2/c1-5-9-13-17-20-22-24-25-26-28-30-33-37-41-45-58(63)75-54(49-69-56(61)43-39-35-32-29-27-23-21-18-14-10-6-2)51-73-77(66,67)71-47-52(59)46-70-76(64,65)72-50-53(48-68-55(60)42-38-34-16-12-8-4)74-57(62)44-40-36-31-19-15-11-7-3/h52-54,59H,5-51H2,1-4H3,(H,64,65)(H,66,67)/t52-,53+,54+/m0/s1. The largest absolute Gasteiger partial charge is 0.472 e. The number of phosphoric acid groups is 2. The van der Waals surface area contributed by atoms with Gasteiger partial charge in [0.2, 0.25) is 0 Å². The average Bonchev–Trinajstić information content (AvgIpc) is 3.40. The van der Waals surface area contributed by atoms with Crippen LogP contribution < -0.4 is 0 Å². The van der Waals surface area contributed by atoms with Crippen LogP contribution in [0.25, 0.3) is 0 Å². The molecule has 2 unspecified atom stereocenters. The minimum Gasteiger partial charge on any atom is -0.462 e. The fourth-order valence-corrected chi connectivity index (χ4v) is 10.2. The van der Waals surface area contributed by atoms with Crippen LogP contribution in [0.1, 0.15) is 291 Å². The van der Waals surface area contributed by atoms with Gasteiger partial charge in [0.25, 0.3) is 0 Å². The normalized spacial score (nSPS) is 14.3. The molecule has 0 heterocycles. The number of ether oxygens (including phenoxy) is 4. The summed E-state index contributed by atoms with van der Waals surface area (Å²) in [5, 5.41) is 10.5. The van der Waals surface area contributed by atoms with Gasteiger partial charge >= 0.3 is 39.5 Å². The minimum atomic E-state index is -4.93. The van der Waals surface area contributed by atoms with E-state index < -0.39 is 97.5 Å². The van der Waals surface area contributed by atoms with Crippen LogP contribution in [-0.4, -0.2) is 96.7 Å². The summed E-state index contributed by atoms with van der Waals surface area (Å²) in [6.45, 7) is 4.72. The second-order valence-corrected chi connectivity index (χ2v) is 23.9. The lowest BCUT2D eigenvalue weighted by Gasteiger charge is -2.21. The van der Waals surface area contributed by atoms with Crippen molar-refractivity contribution in [1.29, 1.82) is 0 Å². The molecule has 0 aliphatic carbocycles. The minimum absolute atomic E-state index is 0.103. The lowest BCUT2D eigenvalue weighted by atomic mass is 10.0. The van der Waals surface area contributed by atoms with Gasteiger partial charge in [-0.15, -0.1) is 0 Å². The van der Waals surface area contributed by atoms with Gasteiger partial charge in [-0.2, -0.15) is 0 Å². The fraction of sp³-hybridized carbons (Fsp3) is 0.931. The maximum absolute atomic E-state index is 12.9. The predicted molar refractivity (Wildman–Crippen MR) is 303 cm³/mol. The molecular weight excluding hydrogens is 1030 g/mol. The quantitative estimate of drug-likeness (QED) is 0.0222. The molecule has 0 radical (unpaired) electrons. The van der Waals surface area contributed by atoms with Crippen molar-refractivity contribution in [2.24, 2.45) is 0 Å². The highest BCUT2D eigenvalue weighted by Gasteiger charge is 2.30. The van der Waals surface area contributed by atoms with E-state index in [0.29, 0.717) is 25.7 Å². The fourth-order valence-electron chi connectivity index (χ4n) is 8.57. The molecule has 0 saturated carbocycles. The highest BCUT2D eigenvalue weighted by molar-refractivity contribution is 7.47. The van der Waals surface area contributed by atoms with Crippen molar-refractivity contribution in [3.8, 4) is 0 Å². The van der Waals surface area contributed by atoms with Crippen LogP contribution in [0.3, 0.4) is 0 Å². The van der Waals surface area contributed by atoms with E-state index in [1.807, 2.05) is 0 Å². The molecule has 456 valence electrons. The lowest BCUT2D eigenvalue weighted by Crippen LogP contribution is -2.30. The van der Waals surface area contributed by atoms with Crippen LogP contribution in [0.5, 0.6) is 0 Å². The molecule has 0 rings (SSSR count). The number of rotatable bonds is 59. The van der Waals surface area contributed by atoms with Gasteiger partial charge in [0, 0.05) is 25.7 Å². The van der Waals surface area contributed by atoms with Gasteiger partial charge in [0.1, 0.15) is 19.3 Å². The van der Waals surface area contributed by atoms with Gasteiger partial charge in [-0.05, 0) is 25.7 Å². The zero-order valence-electron chi connectivity index (χ0n) is 48.9. The molecule has 0 saturated heterocycles. The highest BCUT2D eigenvalue weighted by Crippen LogP contribution is 2.45. The maximum Gasteiger partial charge on any atom is 0.472 e. The Hall–Kier alpha value is -1.94. The smallest absolute Gasteiger partial charge is 0.462 e. The molecule has 0 fully saturated rings. The number of phosphoric ester groups is 2. The van der Waals surface area contributed by atoms with Crippen LogP contribution in [0.15, 0.2) is 0 Å².